The molecule has 0 spiro atoms. The van der Waals surface area contributed by atoms with Crippen LogP contribution < -0.4 is 10.2 Å². The van der Waals surface area contributed by atoms with Crippen molar-refractivity contribution in [2.24, 2.45) is 0 Å². The lowest BCUT2D eigenvalue weighted by atomic mass is 10.1. The van der Waals surface area contributed by atoms with Crippen molar-refractivity contribution in [3.05, 3.63) is 24.3 Å². The van der Waals surface area contributed by atoms with Gasteiger partial charge in [-0.3, -0.25) is 0 Å². The molecule has 1 saturated heterocycles. The van der Waals surface area contributed by atoms with Crippen molar-refractivity contribution in [1.29, 1.82) is 0 Å². The van der Waals surface area contributed by atoms with Crippen LogP contribution in [-0.4, -0.2) is 31.2 Å². The Morgan fingerprint density at radius 1 is 1.41 bits per heavy atom. The SMILES string of the molecule is CN[C@@H]1CCCN(c2nc3ccccc3s2)C1. The van der Waals surface area contributed by atoms with E-state index < -0.39 is 0 Å². The lowest BCUT2D eigenvalue weighted by Crippen LogP contribution is -2.44. The summed E-state index contributed by atoms with van der Waals surface area (Å²) in [4.78, 5) is 7.13. The van der Waals surface area contributed by atoms with E-state index in [1.54, 1.807) is 11.3 Å². The molecule has 0 radical (unpaired) electrons. The number of nitrogens with one attached hydrogen (secondary N) is 1. The maximum absolute atomic E-state index is 4.72. The second kappa shape index (κ2) is 4.63. The zero-order valence-electron chi connectivity index (χ0n) is 10.0. The summed E-state index contributed by atoms with van der Waals surface area (Å²) >= 11 is 1.80. The minimum atomic E-state index is 0.607. The Kier molecular flexibility index (Phi) is 2.99. The molecule has 0 aliphatic carbocycles. The number of hydrogen-bond acceptors (Lipinski definition) is 4. The third kappa shape index (κ3) is 2.15. The molecular formula is C13H17N3S. The topological polar surface area (TPSA) is 28.2 Å². The van der Waals surface area contributed by atoms with E-state index in [0.29, 0.717) is 6.04 Å². The third-order valence-electron chi connectivity index (χ3n) is 3.38. The first kappa shape index (κ1) is 11.0. The van der Waals surface area contributed by atoms with Gasteiger partial charge in [-0.25, -0.2) is 4.98 Å². The first-order chi connectivity index (χ1) is 8.36. The second-order valence-electron chi connectivity index (χ2n) is 4.54. The molecule has 0 saturated carbocycles. The number of rotatable bonds is 2. The zero-order chi connectivity index (χ0) is 11.7. The van der Waals surface area contributed by atoms with Gasteiger partial charge in [-0.15, -0.1) is 0 Å². The van der Waals surface area contributed by atoms with Crippen LogP contribution >= 0.6 is 11.3 Å². The first-order valence-electron chi connectivity index (χ1n) is 6.14. The van der Waals surface area contributed by atoms with Gasteiger partial charge in [0.2, 0.25) is 0 Å². The quantitative estimate of drug-likeness (QED) is 0.883. The number of nitrogens with zero attached hydrogens (tertiary/aromatic N) is 2. The molecular weight excluding hydrogens is 230 g/mol. The highest BCUT2D eigenvalue weighted by Gasteiger charge is 2.20. The molecule has 2 aromatic rings. The molecule has 1 aromatic heterocycles. The van der Waals surface area contributed by atoms with Crippen molar-refractivity contribution in [3.63, 3.8) is 0 Å². The minimum Gasteiger partial charge on any atom is -0.347 e. The summed E-state index contributed by atoms with van der Waals surface area (Å²) in [6, 6.07) is 8.98. The van der Waals surface area contributed by atoms with Crippen molar-refractivity contribution in [1.82, 2.24) is 10.3 Å². The molecule has 0 amide bonds. The van der Waals surface area contributed by atoms with E-state index >= 15 is 0 Å². The smallest absolute Gasteiger partial charge is 0.186 e. The van der Waals surface area contributed by atoms with Crippen molar-refractivity contribution < 1.29 is 0 Å². The number of para-hydroxylation sites is 1. The number of likely N-dealkylation sites (N-methyl/N-ethyl adjacent to an activating group) is 1. The van der Waals surface area contributed by atoms with Gasteiger partial charge < -0.3 is 10.2 Å². The molecule has 1 N–H and O–H groups in total. The number of aromatic nitrogens is 1. The Balaban J connectivity index is 1.87. The normalized spacial score (nSPS) is 21.0. The maximum atomic E-state index is 4.72. The second-order valence-corrected chi connectivity index (χ2v) is 5.55. The Bertz CT molecular complexity index is 475. The Hall–Kier alpha value is -1.13. The van der Waals surface area contributed by atoms with E-state index in [1.807, 2.05) is 7.05 Å². The Labute approximate surface area is 105 Å². The highest BCUT2D eigenvalue weighted by Crippen LogP contribution is 2.30. The van der Waals surface area contributed by atoms with Crippen LogP contribution in [0.1, 0.15) is 12.8 Å². The van der Waals surface area contributed by atoms with Crippen LogP contribution in [0.3, 0.4) is 0 Å². The van der Waals surface area contributed by atoms with Crippen LogP contribution in [0, 0.1) is 0 Å². The summed E-state index contributed by atoms with van der Waals surface area (Å²) in [5, 5.41) is 4.54. The first-order valence-corrected chi connectivity index (χ1v) is 6.96. The fraction of sp³-hybridized carbons (Fsp3) is 0.462. The van der Waals surface area contributed by atoms with Gasteiger partial charge in [-0.1, -0.05) is 23.5 Å². The van der Waals surface area contributed by atoms with Crippen LogP contribution in [0.2, 0.25) is 0 Å². The number of thiazole rings is 1. The number of benzene rings is 1. The third-order valence-corrected chi connectivity index (χ3v) is 4.48. The summed E-state index contributed by atoms with van der Waals surface area (Å²) in [6.07, 6.45) is 2.53. The van der Waals surface area contributed by atoms with E-state index in [2.05, 4.69) is 34.5 Å². The van der Waals surface area contributed by atoms with Gasteiger partial charge in [-0.2, -0.15) is 0 Å². The van der Waals surface area contributed by atoms with E-state index in [0.717, 1.165) is 18.6 Å². The standard InChI is InChI=1S/C13H17N3S/c1-14-10-5-4-8-16(9-10)13-15-11-6-2-3-7-12(11)17-13/h2-3,6-7,10,14H,4-5,8-9H2,1H3/t10-/m1/s1. The van der Waals surface area contributed by atoms with Gasteiger partial charge in [0.25, 0.3) is 0 Å². The molecule has 0 bridgehead atoms. The Morgan fingerprint density at radius 3 is 3.12 bits per heavy atom. The van der Waals surface area contributed by atoms with Gasteiger partial charge in [0.05, 0.1) is 10.2 Å². The molecule has 1 aromatic carbocycles. The van der Waals surface area contributed by atoms with Crippen LogP contribution in [-0.2, 0) is 0 Å². The van der Waals surface area contributed by atoms with E-state index in [-0.39, 0.29) is 0 Å². The largest absolute Gasteiger partial charge is 0.347 e. The van der Waals surface area contributed by atoms with Gasteiger partial charge in [0, 0.05) is 19.1 Å². The summed E-state index contributed by atoms with van der Waals surface area (Å²) in [5.74, 6) is 0. The minimum absolute atomic E-state index is 0.607. The van der Waals surface area contributed by atoms with Crippen LogP contribution in [0.5, 0.6) is 0 Å². The van der Waals surface area contributed by atoms with Crippen molar-refractivity contribution in [2.75, 3.05) is 25.0 Å². The van der Waals surface area contributed by atoms with Crippen molar-refractivity contribution in [2.45, 2.75) is 18.9 Å². The summed E-state index contributed by atoms with van der Waals surface area (Å²) < 4.78 is 1.29. The van der Waals surface area contributed by atoms with Crippen LogP contribution in [0.25, 0.3) is 10.2 Å². The summed E-state index contributed by atoms with van der Waals surface area (Å²) in [7, 11) is 2.05. The molecule has 1 atom stereocenters. The molecule has 0 unspecified atom stereocenters. The summed E-state index contributed by atoms with van der Waals surface area (Å²) in [6.45, 7) is 2.22. The molecule has 1 fully saturated rings. The molecule has 3 rings (SSSR count). The Morgan fingerprint density at radius 2 is 2.29 bits per heavy atom. The fourth-order valence-corrected chi connectivity index (χ4v) is 3.38. The lowest BCUT2D eigenvalue weighted by molar-refractivity contribution is 0.449. The highest BCUT2D eigenvalue weighted by atomic mass is 32.1. The molecule has 1 aliphatic rings. The van der Waals surface area contributed by atoms with E-state index in [9.17, 15) is 0 Å². The average molecular weight is 247 g/mol. The van der Waals surface area contributed by atoms with Crippen LogP contribution in [0.4, 0.5) is 5.13 Å². The summed E-state index contributed by atoms with van der Waals surface area (Å²) in [5.41, 5.74) is 1.12. The number of anilines is 1. The molecule has 3 nitrogen and oxygen atoms in total. The average Bonchev–Trinajstić information content (AvgIpc) is 2.82. The fourth-order valence-electron chi connectivity index (χ4n) is 2.38. The lowest BCUT2D eigenvalue weighted by Gasteiger charge is -2.32. The van der Waals surface area contributed by atoms with Gasteiger partial charge in [0.1, 0.15) is 0 Å². The number of piperidine rings is 1. The number of hydrogen-bond donors (Lipinski definition) is 1. The van der Waals surface area contributed by atoms with Crippen LogP contribution in [0.15, 0.2) is 24.3 Å². The van der Waals surface area contributed by atoms with E-state index in [4.69, 9.17) is 4.98 Å². The molecule has 4 heteroatoms. The maximum Gasteiger partial charge on any atom is 0.186 e. The molecule has 90 valence electrons. The van der Waals surface area contributed by atoms with Gasteiger partial charge in [0.15, 0.2) is 5.13 Å². The molecule has 2 heterocycles. The van der Waals surface area contributed by atoms with Crippen molar-refractivity contribution >= 4 is 26.7 Å². The van der Waals surface area contributed by atoms with E-state index in [1.165, 1.54) is 22.7 Å². The predicted octanol–water partition coefficient (Wildman–Crippen LogP) is 2.48. The zero-order valence-corrected chi connectivity index (χ0v) is 10.8. The predicted molar refractivity (Wildman–Crippen MR) is 73.9 cm³/mol. The van der Waals surface area contributed by atoms with Gasteiger partial charge >= 0.3 is 0 Å². The molecule has 17 heavy (non-hydrogen) atoms. The highest BCUT2D eigenvalue weighted by molar-refractivity contribution is 7.22. The van der Waals surface area contributed by atoms with Gasteiger partial charge in [-0.05, 0) is 32.0 Å². The van der Waals surface area contributed by atoms with Crippen molar-refractivity contribution in [3.8, 4) is 0 Å². The number of fused-ring (bicyclic) bond motifs is 1. The molecule has 1 aliphatic heterocycles. The monoisotopic (exact) mass is 247 g/mol.